The average Bonchev–Trinajstić information content (AvgIpc) is 2.09. The van der Waals surface area contributed by atoms with Crippen molar-refractivity contribution in [1.82, 2.24) is 0 Å². The lowest BCUT2D eigenvalue weighted by Crippen LogP contribution is -1.92. The number of carbonyl (C=O) groups is 1. The summed E-state index contributed by atoms with van der Waals surface area (Å²) in [7, 11) is 0. The number of hydrogen-bond acceptors (Lipinski definition) is 2. The summed E-state index contributed by atoms with van der Waals surface area (Å²) in [6.07, 6.45) is 0.683. The standard InChI is InChI=1S/C9H11NOS/c1-2-12-9-5-3-8(4-6-9)10-7-11/h3-7H,2H2,1H3,(H,10,11). The maximum Gasteiger partial charge on any atom is 0.211 e. The molecule has 0 bridgehead atoms. The molecule has 0 saturated carbocycles. The highest BCUT2D eigenvalue weighted by molar-refractivity contribution is 7.99. The van der Waals surface area contributed by atoms with Gasteiger partial charge in [-0.05, 0) is 30.0 Å². The number of carbonyl (C=O) groups excluding carboxylic acids is 1. The molecule has 0 unspecified atom stereocenters. The Labute approximate surface area is 76.4 Å². The fraction of sp³-hybridized carbons (Fsp3) is 0.222. The summed E-state index contributed by atoms with van der Waals surface area (Å²) in [5.74, 6) is 1.07. The molecule has 0 aliphatic rings. The van der Waals surface area contributed by atoms with E-state index in [1.165, 1.54) is 4.90 Å². The first-order valence-electron chi connectivity index (χ1n) is 3.80. The Morgan fingerprint density at radius 1 is 1.42 bits per heavy atom. The van der Waals surface area contributed by atoms with Crippen molar-refractivity contribution in [2.45, 2.75) is 11.8 Å². The van der Waals surface area contributed by atoms with Gasteiger partial charge in [0, 0.05) is 10.6 Å². The van der Waals surface area contributed by atoms with Gasteiger partial charge in [-0.1, -0.05) is 6.92 Å². The Bertz CT molecular complexity index is 245. The van der Waals surface area contributed by atoms with Crippen molar-refractivity contribution in [2.24, 2.45) is 0 Å². The van der Waals surface area contributed by atoms with Gasteiger partial charge in [-0.25, -0.2) is 0 Å². The van der Waals surface area contributed by atoms with Crippen LogP contribution in [0.25, 0.3) is 0 Å². The highest BCUT2D eigenvalue weighted by Gasteiger charge is 1.91. The molecule has 1 rings (SSSR count). The normalized spacial score (nSPS) is 9.42. The van der Waals surface area contributed by atoms with E-state index in [1.807, 2.05) is 24.3 Å². The second kappa shape index (κ2) is 4.83. The van der Waals surface area contributed by atoms with Gasteiger partial charge in [0.25, 0.3) is 0 Å². The summed E-state index contributed by atoms with van der Waals surface area (Å²) < 4.78 is 0. The minimum absolute atomic E-state index is 0.683. The van der Waals surface area contributed by atoms with E-state index in [1.54, 1.807) is 11.8 Å². The van der Waals surface area contributed by atoms with Crippen LogP contribution in [-0.2, 0) is 4.79 Å². The lowest BCUT2D eigenvalue weighted by molar-refractivity contribution is -0.105. The summed E-state index contributed by atoms with van der Waals surface area (Å²) >= 11 is 1.79. The Hall–Kier alpha value is -0.960. The molecule has 0 aliphatic heterocycles. The van der Waals surface area contributed by atoms with Gasteiger partial charge in [-0.2, -0.15) is 0 Å². The first-order chi connectivity index (χ1) is 5.86. The molecule has 64 valence electrons. The molecule has 1 amide bonds. The number of nitrogens with one attached hydrogen (secondary N) is 1. The predicted molar refractivity (Wildman–Crippen MR) is 52.5 cm³/mol. The van der Waals surface area contributed by atoms with Crippen LogP contribution >= 0.6 is 11.8 Å². The van der Waals surface area contributed by atoms with Crippen molar-refractivity contribution >= 4 is 23.9 Å². The van der Waals surface area contributed by atoms with Gasteiger partial charge >= 0.3 is 0 Å². The Kier molecular flexibility index (Phi) is 3.67. The third-order valence-corrected chi connectivity index (χ3v) is 2.29. The maximum atomic E-state index is 10.1. The molecule has 1 N–H and O–H groups in total. The SMILES string of the molecule is CCSc1ccc(NC=O)cc1. The van der Waals surface area contributed by atoms with Gasteiger partial charge < -0.3 is 5.32 Å². The molecular formula is C9H11NOS. The first kappa shape index (κ1) is 9.13. The van der Waals surface area contributed by atoms with Gasteiger partial charge in [0.15, 0.2) is 0 Å². The van der Waals surface area contributed by atoms with Crippen LogP contribution in [0.4, 0.5) is 5.69 Å². The molecule has 0 heterocycles. The molecule has 1 aromatic rings. The Morgan fingerprint density at radius 2 is 2.08 bits per heavy atom. The maximum absolute atomic E-state index is 10.1. The van der Waals surface area contributed by atoms with Crippen molar-refractivity contribution in [2.75, 3.05) is 11.1 Å². The minimum Gasteiger partial charge on any atom is -0.329 e. The monoisotopic (exact) mass is 181 g/mol. The lowest BCUT2D eigenvalue weighted by atomic mass is 10.3. The van der Waals surface area contributed by atoms with Crippen molar-refractivity contribution in [3.63, 3.8) is 0 Å². The Balaban J connectivity index is 2.64. The van der Waals surface area contributed by atoms with E-state index in [0.29, 0.717) is 6.41 Å². The van der Waals surface area contributed by atoms with Crippen molar-refractivity contribution < 1.29 is 4.79 Å². The molecule has 0 fully saturated rings. The second-order valence-corrected chi connectivity index (χ2v) is 3.56. The molecule has 0 aromatic heterocycles. The van der Waals surface area contributed by atoms with Crippen LogP contribution in [0.3, 0.4) is 0 Å². The zero-order valence-corrected chi connectivity index (χ0v) is 7.73. The highest BCUT2D eigenvalue weighted by Crippen LogP contribution is 2.19. The number of rotatable bonds is 4. The molecule has 0 radical (unpaired) electrons. The van der Waals surface area contributed by atoms with Crippen LogP contribution in [0.1, 0.15) is 6.92 Å². The van der Waals surface area contributed by atoms with E-state index in [0.717, 1.165) is 11.4 Å². The minimum atomic E-state index is 0.683. The van der Waals surface area contributed by atoms with Gasteiger partial charge in [-0.15, -0.1) is 11.8 Å². The van der Waals surface area contributed by atoms with E-state index in [9.17, 15) is 4.79 Å². The largest absolute Gasteiger partial charge is 0.329 e. The smallest absolute Gasteiger partial charge is 0.211 e. The number of amides is 1. The number of hydrogen-bond donors (Lipinski definition) is 1. The number of anilines is 1. The van der Waals surface area contributed by atoms with Gasteiger partial charge in [0.05, 0.1) is 0 Å². The van der Waals surface area contributed by atoms with E-state index in [2.05, 4.69) is 12.2 Å². The van der Waals surface area contributed by atoms with Crippen LogP contribution in [0, 0.1) is 0 Å². The molecule has 1 aromatic carbocycles. The van der Waals surface area contributed by atoms with Crippen molar-refractivity contribution in [1.29, 1.82) is 0 Å². The predicted octanol–water partition coefficient (Wildman–Crippen LogP) is 2.37. The van der Waals surface area contributed by atoms with E-state index >= 15 is 0 Å². The zero-order valence-electron chi connectivity index (χ0n) is 6.91. The van der Waals surface area contributed by atoms with Crippen LogP contribution in [-0.4, -0.2) is 12.2 Å². The highest BCUT2D eigenvalue weighted by atomic mass is 32.2. The zero-order chi connectivity index (χ0) is 8.81. The van der Waals surface area contributed by atoms with Crippen molar-refractivity contribution in [3.05, 3.63) is 24.3 Å². The molecule has 2 nitrogen and oxygen atoms in total. The summed E-state index contributed by atoms with van der Waals surface area (Å²) in [4.78, 5) is 11.3. The average molecular weight is 181 g/mol. The molecule has 12 heavy (non-hydrogen) atoms. The van der Waals surface area contributed by atoms with E-state index in [-0.39, 0.29) is 0 Å². The van der Waals surface area contributed by atoms with Crippen LogP contribution in [0.2, 0.25) is 0 Å². The van der Waals surface area contributed by atoms with Crippen molar-refractivity contribution in [3.8, 4) is 0 Å². The summed E-state index contributed by atoms with van der Waals surface area (Å²) in [5.41, 5.74) is 0.838. The third-order valence-electron chi connectivity index (χ3n) is 1.39. The fourth-order valence-electron chi connectivity index (χ4n) is 0.882. The topological polar surface area (TPSA) is 29.1 Å². The molecular weight excluding hydrogens is 170 g/mol. The number of thioether (sulfide) groups is 1. The fourth-order valence-corrected chi connectivity index (χ4v) is 1.54. The van der Waals surface area contributed by atoms with Crippen LogP contribution in [0.5, 0.6) is 0 Å². The third kappa shape index (κ3) is 2.58. The van der Waals surface area contributed by atoms with Gasteiger partial charge in [-0.3, -0.25) is 4.79 Å². The molecule has 0 aliphatic carbocycles. The summed E-state index contributed by atoms with van der Waals surface area (Å²) in [6, 6.07) is 7.79. The van der Waals surface area contributed by atoms with Gasteiger partial charge in [0.2, 0.25) is 6.41 Å². The molecule has 0 saturated heterocycles. The van der Waals surface area contributed by atoms with Gasteiger partial charge in [0.1, 0.15) is 0 Å². The molecule has 0 atom stereocenters. The summed E-state index contributed by atoms with van der Waals surface area (Å²) in [5, 5.41) is 2.59. The lowest BCUT2D eigenvalue weighted by Gasteiger charge is -2.00. The van der Waals surface area contributed by atoms with Crippen LogP contribution < -0.4 is 5.32 Å². The molecule has 0 spiro atoms. The number of benzene rings is 1. The quantitative estimate of drug-likeness (QED) is 0.570. The molecule has 3 heteroatoms. The van der Waals surface area contributed by atoms with Crippen LogP contribution in [0.15, 0.2) is 29.2 Å². The Morgan fingerprint density at radius 3 is 2.58 bits per heavy atom. The van der Waals surface area contributed by atoms with E-state index < -0.39 is 0 Å². The van der Waals surface area contributed by atoms with E-state index in [4.69, 9.17) is 0 Å². The summed E-state index contributed by atoms with van der Waals surface area (Å²) in [6.45, 7) is 2.11. The second-order valence-electron chi connectivity index (χ2n) is 2.22. The first-order valence-corrected chi connectivity index (χ1v) is 4.78.